The number of aromatic nitrogens is 4. The molecule has 0 spiro atoms. The smallest absolute Gasteiger partial charge is 0.417 e. The van der Waals surface area contributed by atoms with Gasteiger partial charge >= 0.3 is 5.76 Å². The number of H-pyrrole nitrogens is 1. The zero-order valence-electron chi connectivity index (χ0n) is 15.3. The molecule has 3 aromatic heterocycles. The number of ether oxygens (including phenoxy) is 1. The summed E-state index contributed by atoms with van der Waals surface area (Å²) in [5, 5.41) is 6.17. The number of rotatable bonds is 5. The summed E-state index contributed by atoms with van der Waals surface area (Å²) >= 11 is 1.33. The van der Waals surface area contributed by atoms with Gasteiger partial charge in [-0.25, -0.2) is 22.4 Å². The Bertz CT molecular complexity index is 1560. The largest absolute Gasteiger partial charge is 0.497 e. The van der Waals surface area contributed by atoms with E-state index >= 15 is 0 Å². The molecule has 0 aliphatic heterocycles. The van der Waals surface area contributed by atoms with Crippen molar-refractivity contribution in [1.29, 1.82) is 0 Å². The molecule has 0 atom stereocenters. The summed E-state index contributed by atoms with van der Waals surface area (Å²) in [5.74, 6) is -0.0325. The predicted octanol–water partition coefficient (Wildman–Crippen LogP) is 2.70. The number of nitrogens with one attached hydrogen (secondary N) is 2. The van der Waals surface area contributed by atoms with Gasteiger partial charge < -0.3 is 9.15 Å². The summed E-state index contributed by atoms with van der Waals surface area (Å²) < 4.78 is 39.6. The normalized spacial score (nSPS) is 11.9. The third-order valence-corrected chi connectivity index (χ3v) is 6.52. The van der Waals surface area contributed by atoms with E-state index in [2.05, 4.69) is 19.8 Å². The third-order valence-electron chi connectivity index (χ3n) is 4.38. The second-order valence-corrected chi connectivity index (χ2v) is 8.78. The van der Waals surface area contributed by atoms with Crippen molar-refractivity contribution in [1.82, 2.24) is 19.6 Å². The van der Waals surface area contributed by atoms with Crippen molar-refractivity contribution >= 4 is 43.4 Å². The molecule has 2 N–H and O–H groups in total. The lowest BCUT2D eigenvalue weighted by Crippen LogP contribution is -2.14. The number of fused-ring (bicyclic) bond motifs is 2. The first-order chi connectivity index (χ1) is 14.4. The fourth-order valence-electron chi connectivity index (χ4n) is 2.98. The van der Waals surface area contributed by atoms with Crippen LogP contribution in [0.3, 0.4) is 0 Å². The van der Waals surface area contributed by atoms with Gasteiger partial charge in [-0.1, -0.05) is 12.1 Å². The lowest BCUT2D eigenvalue weighted by atomic mass is 10.2. The number of thiazole rings is 1. The zero-order chi connectivity index (χ0) is 20.9. The van der Waals surface area contributed by atoms with Gasteiger partial charge in [0.2, 0.25) is 4.96 Å². The van der Waals surface area contributed by atoms with Gasteiger partial charge in [0.25, 0.3) is 16.0 Å². The topological polar surface area (TPSA) is 132 Å². The highest BCUT2D eigenvalue weighted by Gasteiger charge is 2.20. The minimum Gasteiger partial charge on any atom is -0.497 e. The van der Waals surface area contributed by atoms with Crippen LogP contribution in [-0.2, 0) is 10.0 Å². The highest BCUT2D eigenvalue weighted by atomic mass is 32.2. The molecule has 152 valence electrons. The van der Waals surface area contributed by atoms with Crippen molar-refractivity contribution in [2.45, 2.75) is 4.90 Å². The van der Waals surface area contributed by atoms with E-state index in [4.69, 9.17) is 9.15 Å². The van der Waals surface area contributed by atoms with E-state index in [1.165, 1.54) is 29.5 Å². The minimum absolute atomic E-state index is 0.0679. The fourth-order valence-corrected chi connectivity index (χ4v) is 4.76. The molecule has 0 saturated heterocycles. The molecule has 0 amide bonds. The van der Waals surface area contributed by atoms with E-state index in [0.717, 1.165) is 11.3 Å². The Morgan fingerprint density at radius 2 is 2.10 bits per heavy atom. The Labute approximate surface area is 172 Å². The van der Waals surface area contributed by atoms with Crippen LogP contribution < -0.4 is 15.2 Å². The van der Waals surface area contributed by atoms with E-state index in [-0.39, 0.29) is 16.4 Å². The van der Waals surface area contributed by atoms with Crippen LogP contribution >= 0.6 is 11.3 Å². The average Bonchev–Trinajstić information content (AvgIpc) is 3.39. The standard InChI is InChI=1S/C18H13N5O5S2/c1-27-11-4-2-3-10(7-11)14-9-29-17-20-16(21-23(14)17)22-30(25,26)12-5-6-13-15(8-12)28-18(24)19-13/h2-9H,1H3,(H,19,24)(H,21,22). The zero-order valence-corrected chi connectivity index (χ0v) is 17.0. The van der Waals surface area contributed by atoms with E-state index in [1.54, 1.807) is 11.6 Å². The van der Waals surface area contributed by atoms with E-state index in [0.29, 0.717) is 16.2 Å². The van der Waals surface area contributed by atoms with Gasteiger partial charge in [0.15, 0.2) is 5.58 Å². The van der Waals surface area contributed by atoms with Crippen LogP contribution in [0.2, 0.25) is 0 Å². The fraction of sp³-hybridized carbons (Fsp3) is 0.0556. The van der Waals surface area contributed by atoms with Gasteiger partial charge in [0.1, 0.15) is 5.75 Å². The maximum atomic E-state index is 12.7. The van der Waals surface area contributed by atoms with Gasteiger partial charge in [0.05, 0.1) is 23.2 Å². The number of hydrogen-bond donors (Lipinski definition) is 2. The number of benzene rings is 2. The molecular formula is C18H13N5O5S2. The van der Waals surface area contributed by atoms with Crippen LogP contribution in [0, 0.1) is 0 Å². The van der Waals surface area contributed by atoms with E-state index in [1.807, 2.05) is 29.6 Å². The molecule has 5 rings (SSSR count). The van der Waals surface area contributed by atoms with Crippen molar-refractivity contribution in [2.24, 2.45) is 0 Å². The molecule has 0 unspecified atom stereocenters. The van der Waals surface area contributed by atoms with Gasteiger partial charge in [-0.15, -0.1) is 16.4 Å². The third kappa shape index (κ3) is 3.11. The summed E-state index contributed by atoms with van der Waals surface area (Å²) in [6.07, 6.45) is 0. The van der Waals surface area contributed by atoms with Gasteiger partial charge in [-0.3, -0.25) is 4.98 Å². The first kappa shape index (κ1) is 18.4. The summed E-state index contributed by atoms with van der Waals surface area (Å²) in [6, 6.07) is 11.5. The van der Waals surface area contributed by atoms with Crippen LogP contribution in [0.1, 0.15) is 0 Å². The van der Waals surface area contributed by atoms with Gasteiger partial charge in [0, 0.05) is 17.0 Å². The number of anilines is 1. The van der Waals surface area contributed by atoms with Crippen molar-refractivity contribution in [3.8, 4) is 17.0 Å². The molecule has 0 bridgehead atoms. The Hall–Kier alpha value is -3.64. The Morgan fingerprint density at radius 1 is 1.23 bits per heavy atom. The SMILES string of the molecule is COc1cccc(-c2csc3nc(NS(=O)(=O)c4ccc5[nH]c(=O)oc5c4)nn23)c1. The molecule has 10 nitrogen and oxygen atoms in total. The molecule has 0 fully saturated rings. The summed E-state index contributed by atoms with van der Waals surface area (Å²) in [6.45, 7) is 0. The molecule has 5 aromatic rings. The summed E-state index contributed by atoms with van der Waals surface area (Å²) in [5.41, 5.74) is 2.15. The molecule has 0 saturated carbocycles. The average molecular weight is 443 g/mol. The van der Waals surface area contributed by atoms with Crippen molar-refractivity contribution in [2.75, 3.05) is 11.8 Å². The molecule has 30 heavy (non-hydrogen) atoms. The molecule has 12 heteroatoms. The predicted molar refractivity (Wildman–Crippen MR) is 110 cm³/mol. The van der Waals surface area contributed by atoms with Crippen LogP contribution in [0.4, 0.5) is 5.95 Å². The van der Waals surface area contributed by atoms with Crippen LogP contribution in [-0.4, -0.2) is 35.1 Å². The van der Waals surface area contributed by atoms with Gasteiger partial charge in [-0.05, 0) is 24.3 Å². The number of methoxy groups -OCH3 is 1. The molecular weight excluding hydrogens is 430 g/mol. The Kier molecular flexibility index (Phi) is 4.11. The lowest BCUT2D eigenvalue weighted by molar-refractivity contribution is 0.415. The van der Waals surface area contributed by atoms with E-state index in [9.17, 15) is 13.2 Å². The second kappa shape index (κ2) is 6.71. The number of sulfonamides is 1. The lowest BCUT2D eigenvalue weighted by Gasteiger charge is -2.04. The van der Waals surface area contributed by atoms with E-state index < -0.39 is 15.8 Å². The molecule has 2 aromatic carbocycles. The Balaban J connectivity index is 1.50. The Morgan fingerprint density at radius 3 is 2.93 bits per heavy atom. The monoisotopic (exact) mass is 443 g/mol. The first-order valence-corrected chi connectivity index (χ1v) is 10.9. The maximum absolute atomic E-state index is 12.7. The first-order valence-electron chi connectivity index (χ1n) is 8.57. The molecule has 0 aliphatic carbocycles. The quantitative estimate of drug-likeness (QED) is 0.427. The number of aromatic amines is 1. The van der Waals surface area contributed by atoms with Crippen molar-refractivity contribution in [3.63, 3.8) is 0 Å². The number of hydrogen-bond acceptors (Lipinski definition) is 8. The molecule has 0 radical (unpaired) electrons. The van der Waals surface area contributed by atoms with Crippen LogP contribution in [0.25, 0.3) is 27.3 Å². The van der Waals surface area contributed by atoms with Crippen LogP contribution in [0.5, 0.6) is 5.75 Å². The highest BCUT2D eigenvalue weighted by molar-refractivity contribution is 7.92. The second-order valence-electron chi connectivity index (χ2n) is 6.26. The number of oxazole rings is 1. The molecule has 0 aliphatic rings. The van der Waals surface area contributed by atoms with Crippen molar-refractivity contribution in [3.05, 3.63) is 58.4 Å². The maximum Gasteiger partial charge on any atom is 0.417 e. The highest BCUT2D eigenvalue weighted by Crippen LogP contribution is 2.29. The van der Waals surface area contributed by atoms with Crippen molar-refractivity contribution < 1.29 is 17.6 Å². The summed E-state index contributed by atoms with van der Waals surface area (Å²) in [4.78, 5) is 18.4. The number of nitrogens with zero attached hydrogens (tertiary/aromatic N) is 3. The van der Waals surface area contributed by atoms with Crippen LogP contribution in [0.15, 0.2) is 62.0 Å². The van der Waals surface area contributed by atoms with Gasteiger partial charge in [-0.2, -0.15) is 4.98 Å². The summed E-state index contributed by atoms with van der Waals surface area (Å²) in [7, 11) is -2.40. The minimum atomic E-state index is -3.99. The molecule has 3 heterocycles.